The number of amides is 1. The first kappa shape index (κ1) is 13.6. The zero-order valence-corrected chi connectivity index (χ0v) is 11.2. The van der Waals surface area contributed by atoms with Gasteiger partial charge >= 0.3 is 0 Å². The number of carbonyl (C=O) groups is 2. The zero-order valence-electron chi connectivity index (χ0n) is 11.2. The Labute approximate surface area is 113 Å². The van der Waals surface area contributed by atoms with Crippen LogP contribution >= 0.6 is 0 Å². The minimum absolute atomic E-state index is 0.0290. The van der Waals surface area contributed by atoms with E-state index in [-0.39, 0.29) is 29.2 Å². The Morgan fingerprint density at radius 1 is 1.42 bits per heavy atom. The largest absolute Gasteiger partial charge is 0.367 e. The van der Waals surface area contributed by atoms with Gasteiger partial charge in [0.1, 0.15) is 17.5 Å². The van der Waals surface area contributed by atoms with Crippen molar-refractivity contribution >= 4 is 11.7 Å². The number of Topliss-reactive ketones (excluding diaryl/α,β-unsaturated/α-hetero) is 1. The molecule has 2 atom stereocenters. The molecule has 0 bridgehead atoms. The molecule has 1 amide bonds. The third-order valence-corrected chi connectivity index (χ3v) is 3.80. The molecule has 2 rings (SSSR count). The second kappa shape index (κ2) is 5.87. The van der Waals surface area contributed by atoms with Gasteiger partial charge < -0.3 is 10.6 Å². The summed E-state index contributed by atoms with van der Waals surface area (Å²) in [5.41, 5.74) is 0.0548. The molecule has 5 heteroatoms. The van der Waals surface area contributed by atoms with Gasteiger partial charge in [0.05, 0.1) is 5.92 Å². The highest BCUT2D eigenvalue weighted by Crippen LogP contribution is 2.28. The molecule has 1 saturated carbocycles. The third-order valence-electron chi connectivity index (χ3n) is 3.80. The van der Waals surface area contributed by atoms with E-state index < -0.39 is 0 Å². The van der Waals surface area contributed by atoms with E-state index in [2.05, 4.69) is 10.6 Å². The topological polar surface area (TPSA) is 82.0 Å². The predicted molar refractivity (Wildman–Crippen MR) is 69.6 cm³/mol. The molecular weight excluding hydrogens is 242 g/mol. The molecule has 0 aromatic carbocycles. The van der Waals surface area contributed by atoms with E-state index in [1.165, 1.54) is 0 Å². The van der Waals surface area contributed by atoms with Crippen LogP contribution in [0, 0.1) is 17.2 Å². The lowest BCUT2D eigenvalue weighted by atomic mass is 9.82. The fraction of sp³-hybridized carbons (Fsp3) is 0.643. The van der Waals surface area contributed by atoms with Crippen molar-refractivity contribution in [2.75, 3.05) is 0 Å². The molecule has 0 aromatic heterocycles. The molecule has 1 aliphatic heterocycles. The highest BCUT2D eigenvalue weighted by molar-refractivity contribution is 6.00. The van der Waals surface area contributed by atoms with Crippen molar-refractivity contribution in [2.24, 2.45) is 5.92 Å². The summed E-state index contributed by atoms with van der Waals surface area (Å²) in [5.74, 6) is 0.0189. The first-order valence-corrected chi connectivity index (χ1v) is 6.92. The first-order chi connectivity index (χ1) is 9.17. The van der Waals surface area contributed by atoms with Gasteiger partial charge in [-0.3, -0.25) is 9.59 Å². The number of hydrogen-bond acceptors (Lipinski definition) is 4. The fourth-order valence-electron chi connectivity index (χ4n) is 2.80. The molecular formula is C14H19N3O2. The van der Waals surface area contributed by atoms with Gasteiger partial charge in [-0.05, 0) is 19.3 Å². The molecule has 0 spiro atoms. The normalized spacial score (nSPS) is 28.5. The van der Waals surface area contributed by atoms with Gasteiger partial charge in [-0.2, -0.15) is 5.26 Å². The smallest absolute Gasteiger partial charge is 0.230 e. The van der Waals surface area contributed by atoms with Crippen molar-refractivity contribution in [1.29, 1.82) is 5.26 Å². The second-order valence-electron chi connectivity index (χ2n) is 5.17. The predicted octanol–water partition coefficient (Wildman–Crippen LogP) is 1.37. The van der Waals surface area contributed by atoms with Gasteiger partial charge in [0.15, 0.2) is 5.78 Å². The van der Waals surface area contributed by atoms with Crippen LogP contribution < -0.4 is 10.6 Å². The monoisotopic (exact) mass is 261 g/mol. The van der Waals surface area contributed by atoms with Gasteiger partial charge in [-0.25, -0.2) is 0 Å². The van der Waals surface area contributed by atoms with Crippen molar-refractivity contribution in [3.8, 4) is 6.07 Å². The lowest BCUT2D eigenvalue weighted by Crippen LogP contribution is -2.55. The summed E-state index contributed by atoms with van der Waals surface area (Å²) in [6, 6.07) is 1.99. The quantitative estimate of drug-likeness (QED) is 0.594. The Kier molecular flexibility index (Phi) is 4.20. The number of hydrogen-bond donors (Lipinski definition) is 2. The SMILES string of the molecule is CCCC(=O)/C(C#N)=C1/NC(=O)C2CCCCC2N1. The van der Waals surface area contributed by atoms with Gasteiger partial charge in [0, 0.05) is 12.5 Å². The third kappa shape index (κ3) is 2.78. The number of allylic oxidation sites excluding steroid dienone is 1. The summed E-state index contributed by atoms with van der Waals surface area (Å²) in [4.78, 5) is 23.9. The summed E-state index contributed by atoms with van der Waals surface area (Å²) < 4.78 is 0. The van der Waals surface area contributed by atoms with Crippen molar-refractivity contribution < 1.29 is 9.59 Å². The van der Waals surface area contributed by atoms with Crippen LogP contribution in [0.25, 0.3) is 0 Å². The lowest BCUT2D eigenvalue weighted by Gasteiger charge is -2.37. The van der Waals surface area contributed by atoms with Crippen LogP contribution in [0.15, 0.2) is 11.4 Å². The molecule has 2 N–H and O–H groups in total. The minimum atomic E-state index is -0.206. The van der Waals surface area contributed by atoms with Crippen LogP contribution in [-0.4, -0.2) is 17.7 Å². The molecule has 2 fully saturated rings. The van der Waals surface area contributed by atoms with Crippen molar-refractivity contribution in [2.45, 2.75) is 51.5 Å². The van der Waals surface area contributed by atoms with Crippen molar-refractivity contribution in [3.05, 3.63) is 11.4 Å². The molecule has 5 nitrogen and oxygen atoms in total. The highest BCUT2D eigenvalue weighted by Gasteiger charge is 2.36. The lowest BCUT2D eigenvalue weighted by molar-refractivity contribution is -0.127. The first-order valence-electron chi connectivity index (χ1n) is 6.92. The molecule has 1 heterocycles. The molecule has 2 unspecified atom stereocenters. The molecule has 0 aromatic rings. The maximum Gasteiger partial charge on any atom is 0.230 e. The summed E-state index contributed by atoms with van der Waals surface area (Å²) in [7, 11) is 0. The van der Waals surface area contributed by atoms with Crippen LogP contribution in [0.5, 0.6) is 0 Å². The number of nitriles is 1. The van der Waals surface area contributed by atoms with Gasteiger partial charge in [-0.15, -0.1) is 0 Å². The Morgan fingerprint density at radius 2 is 2.16 bits per heavy atom. The van der Waals surface area contributed by atoms with E-state index in [4.69, 9.17) is 5.26 Å². The number of rotatable bonds is 3. The number of carbonyl (C=O) groups excluding carboxylic acids is 2. The standard InChI is InChI=1S/C14H19N3O2/c1-2-5-12(18)10(8-15)13-16-11-7-4-3-6-9(11)14(19)17-13/h9,11,16H,2-7H2,1H3,(H,17,19)/b13-10+. The van der Waals surface area contributed by atoms with Crippen LogP contribution in [0.1, 0.15) is 45.4 Å². The van der Waals surface area contributed by atoms with Crippen molar-refractivity contribution in [3.63, 3.8) is 0 Å². The summed E-state index contributed by atoms with van der Waals surface area (Å²) in [5, 5.41) is 15.0. The zero-order chi connectivity index (χ0) is 13.8. The molecule has 102 valence electrons. The summed E-state index contributed by atoms with van der Waals surface area (Å²) in [6.07, 6.45) is 4.97. The van der Waals surface area contributed by atoms with Crippen LogP contribution in [0.3, 0.4) is 0 Å². The maximum atomic E-state index is 12.0. The minimum Gasteiger partial charge on any atom is -0.367 e. The maximum absolute atomic E-state index is 12.0. The number of fused-ring (bicyclic) bond motifs is 1. The molecule has 0 radical (unpaired) electrons. The Bertz CT molecular complexity index is 462. The van der Waals surface area contributed by atoms with E-state index in [0.717, 1.165) is 25.7 Å². The Hall–Kier alpha value is -1.83. The second-order valence-corrected chi connectivity index (χ2v) is 5.17. The Morgan fingerprint density at radius 3 is 2.84 bits per heavy atom. The summed E-state index contributed by atoms with van der Waals surface area (Å²) >= 11 is 0. The van der Waals surface area contributed by atoms with Gasteiger partial charge in [0.2, 0.25) is 5.91 Å². The van der Waals surface area contributed by atoms with Crippen molar-refractivity contribution in [1.82, 2.24) is 10.6 Å². The number of ketones is 1. The molecule has 1 saturated heterocycles. The average molecular weight is 261 g/mol. The van der Waals surface area contributed by atoms with E-state index in [0.29, 0.717) is 18.7 Å². The van der Waals surface area contributed by atoms with E-state index in [9.17, 15) is 9.59 Å². The fourth-order valence-corrected chi connectivity index (χ4v) is 2.80. The highest BCUT2D eigenvalue weighted by atomic mass is 16.2. The van der Waals surface area contributed by atoms with Crippen LogP contribution in [0.2, 0.25) is 0 Å². The van der Waals surface area contributed by atoms with E-state index in [1.807, 2.05) is 13.0 Å². The Balaban J connectivity index is 2.22. The molecule has 1 aliphatic carbocycles. The van der Waals surface area contributed by atoms with E-state index in [1.54, 1.807) is 0 Å². The number of nitrogens with zero attached hydrogens (tertiary/aromatic N) is 1. The average Bonchev–Trinajstić information content (AvgIpc) is 2.40. The van der Waals surface area contributed by atoms with E-state index >= 15 is 0 Å². The number of nitrogens with one attached hydrogen (secondary N) is 2. The van der Waals surface area contributed by atoms with Crippen LogP contribution in [-0.2, 0) is 9.59 Å². The molecule has 2 aliphatic rings. The molecule has 19 heavy (non-hydrogen) atoms. The van der Waals surface area contributed by atoms with Crippen LogP contribution in [0.4, 0.5) is 0 Å². The van der Waals surface area contributed by atoms with Gasteiger partial charge in [-0.1, -0.05) is 19.8 Å². The van der Waals surface area contributed by atoms with Gasteiger partial charge in [0.25, 0.3) is 0 Å². The summed E-state index contributed by atoms with van der Waals surface area (Å²) in [6.45, 7) is 1.89.